The molecule has 0 aromatic heterocycles. The molecule has 0 fully saturated rings. The highest BCUT2D eigenvalue weighted by atomic mass is 127. The Hall–Kier alpha value is 0.180. The minimum absolute atomic E-state index is 0.0463. The van der Waals surface area contributed by atoms with Crippen LogP contribution in [0.5, 0.6) is 0 Å². The molecule has 1 rings (SSSR count). The Labute approximate surface area is 117 Å². The number of hydrogen-bond acceptors (Lipinski definition) is 1. The minimum Gasteiger partial charge on any atom is -0.293 e. The summed E-state index contributed by atoms with van der Waals surface area (Å²) in [7, 11) is 0. The van der Waals surface area contributed by atoms with Crippen LogP contribution in [0.4, 0.5) is 13.2 Å². The maximum Gasteiger partial charge on any atom is 0.417 e. The smallest absolute Gasteiger partial charge is 0.293 e. The van der Waals surface area contributed by atoms with Gasteiger partial charge in [-0.25, -0.2) is 0 Å². The molecule has 0 aliphatic heterocycles. The summed E-state index contributed by atoms with van der Waals surface area (Å²) in [5.74, 6) is -0.306. The molecule has 0 aliphatic carbocycles. The van der Waals surface area contributed by atoms with Crippen LogP contribution >= 0.6 is 50.1 Å². The summed E-state index contributed by atoms with van der Waals surface area (Å²) in [6, 6.07) is 1.96. The van der Waals surface area contributed by atoms with Crippen molar-refractivity contribution in [3.63, 3.8) is 0 Å². The van der Waals surface area contributed by atoms with Crippen molar-refractivity contribution < 1.29 is 18.0 Å². The molecule has 0 saturated carbocycles. The van der Waals surface area contributed by atoms with Crippen LogP contribution in [0.2, 0.25) is 5.02 Å². The van der Waals surface area contributed by atoms with Crippen molar-refractivity contribution in [3.05, 3.63) is 31.9 Å². The summed E-state index contributed by atoms with van der Waals surface area (Å²) in [5.41, 5.74) is -0.736. The van der Waals surface area contributed by atoms with Crippen LogP contribution in [-0.4, -0.2) is 11.1 Å². The molecule has 0 amide bonds. The predicted molar refractivity (Wildman–Crippen MR) is 67.3 cm³/mol. The lowest BCUT2D eigenvalue weighted by molar-refractivity contribution is -0.137. The van der Waals surface area contributed by atoms with Crippen molar-refractivity contribution in [2.75, 3.05) is 5.33 Å². The molecular formula is C9H4BrClF3IO. The minimum atomic E-state index is -4.51. The van der Waals surface area contributed by atoms with Gasteiger partial charge in [0.05, 0.1) is 15.9 Å². The summed E-state index contributed by atoms with van der Waals surface area (Å²) in [4.78, 5) is 11.4. The van der Waals surface area contributed by atoms with Crippen molar-refractivity contribution in [2.24, 2.45) is 0 Å². The Morgan fingerprint density at radius 1 is 1.44 bits per heavy atom. The Morgan fingerprint density at radius 2 is 2.00 bits per heavy atom. The van der Waals surface area contributed by atoms with E-state index in [1.807, 2.05) is 0 Å². The quantitative estimate of drug-likeness (QED) is 0.385. The fourth-order valence-electron chi connectivity index (χ4n) is 1.06. The van der Waals surface area contributed by atoms with Crippen LogP contribution < -0.4 is 0 Å². The van der Waals surface area contributed by atoms with Crippen molar-refractivity contribution in [2.45, 2.75) is 6.18 Å². The third kappa shape index (κ3) is 2.89. The number of hydrogen-bond donors (Lipinski definition) is 0. The molecule has 1 aromatic rings. The second-order valence-corrected chi connectivity index (χ2v) is 4.86. The molecule has 0 bridgehead atoms. The number of Topliss-reactive ketones (excluding diaryl/α,β-unsaturated/α-hetero) is 1. The van der Waals surface area contributed by atoms with E-state index in [-0.39, 0.29) is 20.2 Å². The molecule has 88 valence electrons. The van der Waals surface area contributed by atoms with Crippen LogP contribution in [0.15, 0.2) is 12.1 Å². The van der Waals surface area contributed by atoms with Gasteiger partial charge in [-0.15, -0.1) is 0 Å². The lowest BCUT2D eigenvalue weighted by Crippen LogP contribution is -2.10. The van der Waals surface area contributed by atoms with Crippen LogP contribution in [0.25, 0.3) is 0 Å². The molecule has 7 heteroatoms. The predicted octanol–water partition coefficient (Wildman–Crippen LogP) is 4.54. The number of carbonyl (C=O) groups is 1. The van der Waals surface area contributed by atoms with Gasteiger partial charge >= 0.3 is 6.18 Å². The lowest BCUT2D eigenvalue weighted by Gasteiger charge is -2.12. The average molecular weight is 427 g/mol. The van der Waals surface area contributed by atoms with Gasteiger partial charge in [0.2, 0.25) is 0 Å². The largest absolute Gasteiger partial charge is 0.417 e. The monoisotopic (exact) mass is 426 g/mol. The maximum absolute atomic E-state index is 12.5. The summed E-state index contributed by atoms with van der Waals surface area (Å²) < 4.78 is 37.5. The van der Waals surface area contributed by atoms with Crippen molar-refractivity contribution in [3.8, 4) is 0 Å². The average Bonchev–Trinajstić information content (AvgIpc) is 2.19. The molecule has 0 atom stereocenters. The Balaban J connectivity index is 3.35. The van der Waals surface area contributed by atoms with E-state index < -0.39 is 16.8 Å². The van der Waals surface area contributed by atoms with Crippen LogP contribution in [0.3, 0.4) is 0 Å². The highest BCUT2D eigenvalue weighted by molar-refractivity contribution is 14.1. The third-order valence-corrected chi connectivity index (χ3v) is 4.15. The van der Waals surface area contributed by atoms with Gasteiger partial charge in [-0.2, -0.15) is 13.2 Å². The Morgan fingerprint density at radius 3 is 2.44 bits per heavy atom. The molecule has 16 heavy (non-hydrogen) atoms. The SMILES string of the molecule is O=C(CBr)c1ccc(C(F)(F)F)c(Cl)c1I. The first-order chi connectivity index (χ1) is 7.29. The van der Waals surface area contributed by atoms with Gasteiger partial charge in [0.15, 0.2) is 5.78 Å². The summed E-state index contributed by atoms with van der Waals surface area (Å²) in [6.07, 6.45) is -4.51. The van der Waals surface area contributed by atoms with Gasteiger partial charge in [0.25, 0.3) is 0 Å². The second kappa shape index (κ2) is 5.22. The van der Waals surface area contributed by atoms with Gasteiger partial charge < -0.3 is 0 Å². The molecule has 0 spiro atoms. The van der Waals surface area contributed by atoms with Gasteiger partial charge in [-0.1, -0.05) is 27.5 Å². The molecule has 0 N–H and O–H groups in total. The van der Waals surface area contributed by atoms with E-state index in [0.29, 0.717) is 0 Å². The molecule has 0 radical (unpaired) electrons. The fourth-order valence-corrected chi connectivity index (χ4v) is 2.40. The molecule has 0 heterocycles. The van der Waals surface area contributed by atoms with Crippen LogP contribution in [-0.2, 0) is 6.18 Å². The molecule has 0 aliphatic rings. The molecule has 1 nitrogen and oxygen atoms in total. The first-order valence-corrected chi connectivity index (χ1v) is 6.51. The standard InChI is InChI=1S/C9H4BrClF3IO/c10-3-6(16)4-1-2-5(9(12,13)14)7(11)8(4)15/h1-2H,3H2. The molecule has 0 saturated heterocycles. The molecule has 0 unspecified atom stereocenters. The zero-order chi connectivity index (χ0) is 12.5. The van der Waals surface area contributed by atoms with Crippen molar-refractivity contribution in [1.82, 2.24) is 0 Å². The summed E-state index contributed by atoms with van der Waals surface area (Å²) in [5, 5.41) is -0.384. The van der Waals surface area contributed by atoms with E-state index in [9.17, 15) is 18.0 Å². The number of alkyl halides is 4. The van der Waals surface area contributed by atoms with E-state index in [1.165, 1.54) is 0 Å². The van der Waals surface area contributed by atoms with E-state index in [4.69, 9.17) is 11.6 Å². The lowest BCUT2D eigenvalue weighted by atomic mass is 10.1. The zero-order valence-corrected chi connectivity index (χ0v) is 12.0. The van der Waals surface area contributed by atoms with Crippen molar-refractivity contribution >= 4 is 55.9 Å². The first-order valence-electron chi connectivity index (χ1n) is 3.93. The van der Waals surface area contributed by atoms with Crippen LogP contribution in [0.1, 0.15) is 15.9 Å². The highest BCUT2D eigenvalue weighted by Crippen LogP contribution is 2.38. The van der Waals surface area contributed by atoms with Gasteiger partial charge in [0, 0.05) is 9.13 Å². The highest BCUT2D eigenvalue weighted by Gasteiger charge is 2.34. The Kier molecular flexibility index (Phi) is 4.65. The first kappa shape index (κ1) is 14.2. The van der Waals surface area contributed by atoms with Crippen molar-refractivity contribution in [1.29, 1.82) is 0 Å². The second-order valence-electron chi connectivity index (χ2n) is 2.84. The molecular weight excluding hydrogens is 423 g/mol. The summed E-state index contributed by atoms with van der Waals surface area (Å²) >= 11 is 10.2. The topological polar surface area (TPSA) is 17.1 Å². The number of carbonyl (C=O) groups excluding carboxylic acids is 1. The van der Waals surface area contributed by atoms with E-state index in [1.54, 1.807) is 22.6 Å². The fraction of sp³-hybridized carbons (Fsp3) is 0.222. The normalized spacial score (nSPS) is 11.6. The van der Waals surface area contributed by atoms with E-state index in [2.05, 4.69) is 15.9 Å². The Bertz CT molecular complexity index is 433. The van der Waals surface area contributed by atoms with E-state index in [0.717, 1.165) is 12.1 Å². The van der Waals surface area contributed by atoms with Crippen LogP contribution in [0, 0.1) is 3.57 Å². The zero-order valence-electron chi connectivity index (χ0n) is 7.54. The number of halogens is 6. The number of benzene rings is 1. The number of rotatable bonds is 2. The van der Waals surface area contributed by atoms with Gasteiger partial charge in [-0.3, -0.25) is 4.79 Å². The van der Waals surface area contributed by atoms with Gasteiger partial charge in [-0.05, 0) is 34.7 Å². The summed E-state index contributed by atoms with van der Waals surface area (Å²) in [6.45, 7) is 0. The van der Waals surface area contributed by atoms with E-state index >= 15 is 0 Å². The molecule has 1 aromatic carbocycles. The van der Waals surface area contributed by atoms with Gasteiger partial charge in [0.1, 0.15) is 0 Å². The maximum atomic E-state index is 12.5. The number of ketones is 1. The third-order valence-electron chi connectivity index (χ3n) is 1.81.